The highest BCUT2D eigenvalue weighted by Crippen LogP contribution is 2.27. The Hall–Kier alpha value is -2.85. The lowest BCUT2D eigenvalue weighted by Crippen LogP contribution is -2.56. The Labute approximate surface area is 206 Å². The van der Waals surface area contributed by atoms with Crippen LogP contribution in [0.4, 0.5) is 15.3 Å². The van der Waals surface area contributed by atoms with Gasteiger partial charge in [0, 0.05) is 70.6 Å². The minimum atomic E-state index is -0.447. The second-order valence-corrected chi connectivity index (χ2v) is 9.84. The summed E-state index contributed by atoms with van der Waals surface area (Å²) in [6.45, 7) is 6.61. The van der Waals surface area contributed by atoms with Crippen molar-refractivity contribution in [2.24, 2.45) is 0 Å². The van der Waals surface area contributed by atoms with Gasteiger partial charge in [0.1, 0.15) is 0 Å². The summed E-state index contributed by atoms with van der Waals surface area (Å²) in [5.74, 6) is -0.129. The predicted octanol–water partition coefficient (Wildman–Crippen LogP) is 2.18. The summed E-state index contributed by atoms with van der Waals surface area (Å²) in [6.07, 6.45) is 4.72. The summed E-state index contributed by atoms with van der Waals surface area (Å²) in [7, 11) is 0. The molecule has 35 heavy (non-hydrogen) atoms. The molecule has 10 nitrogen and oxygen atoms in total. The Kier molecular flexibility index (Phi) is 7.38. The maximum atomic E-state index is 12.6. The first-order chi connectivity index (χ1) is 17.1. The van der Waals surface area contributed by atoms with Crippen molar-refractivity contribution in [2.45, 2.75) is 44.7 Å². The monoisotopic (exact) mass is 484 g/mol. The number of likely N-dealkylation sites (tertiary alicyclic amines) is 1. The van der Waals surface area contributed by atoms with Gasteiger partial charge < -0.3 is 24.8 Å². The number of urea groups is 1. The van der Waals surface area contributed by atoms with Crippen molar-refractivity contribution in [1.82, 2.24) is 24.7 Å². The number of hydrazine groups is 1. The van der Waals surface area contributed by atoms with E-state index in [1.165, 1.54) is 19.3 Å². The number of piperazine rings is 1. The zero-order chi connectivity index (χ0) is 24.2. The Morgan fingerprint density at radius 1 is 0.857 bits per heavy atom. The van der Waals surface area contributed by atoms with E-state index in [9.17, 15) is 14.4 Å². The fourth-order valence-electron chi connectivity index (χ4n) is 5.57. The van der Waals surface area contributed by atoms with Gasteiger partial charge in [-0.3, -0.25) is 4.79 Å². The van der Waals surface area contributed by atoms with E-state index in [1.54, 1.807) is 9.80 Å². The smallest absolute Gasteiger partial charge is 0.410 e. The molecule has 4 amide bonds. The van der Waals surface area contributed by atoms with Crippen LogP contribution >= 0.6 is 0 Å². The summed E-state index contributed by atoms with van der Waals surface area (Å²) < 4.78 is 5.37. The van der Waals surface area contributed by atoms with Gasteiger partial charge >= 0.3 is 12.1 Å². The molecular weight excluding hydrogens is 448 g/mol. The molecule has 190 valence electrons. The van der Waals surface area contributed by atoms with E-state index in [0.29, 0.717) is 45.6 Å². The third-order valence-electron chi connectivity index (χ3n) is 7.68. The highest BCUT2D eigenvalue weighted by Gasteiger charge is 2.33. The van der Waals surface area contributed by atoms with Crippen molar-refractivity contribution in [1.29, 1.82) is 0 Å². The summed E-state index contributed by atoms with van der Waals surface area (Å²) in [5, 5.41) is 7.74. The number of nitrogens with one attached hydrogen (secondary N) is 1. The fourth-order valence-corrected chi connectivity index (χ4v) is 5.57. The second kappa shape index (κ2) is 10.8. The van der Waals surface area contributed by atoms with Gasteiger partial charge in [0.25, 0.3) is 5.91 Å². The highest BCUT2D eigenvalue weighted by molar-refractivity contribution is 5.92. The fraction of sp³-hybridized carbons (Fsp3) is 0.640. The molecule has 1 aromatic carbocycles. The van der Waals surface area contributed by atoms with Crippen LogP contribution in [0.3, 0.4) is 0 Å². The molecular formula is C25H36N6O4. The number of piperidine rings is 2. The average Bonchev–Trinajstić information content (AvgIpc) is 2.92. The van der Waals surface area contributed by atoms with E-state index in [4.69, 9.17) is 4.74 Å². The number of nitrogens with zero attached hydrogens (tertiary/aromatic N) is 5. The largest absolute Gasteiger partial charge is 0.439 e. The molecule has 3 saturated heterocycles. The SMILES string of the molecule is O=C(COC(=O)N1CCC(N2Cc3ccccc3NC2=O)CC1)N1CCN(N2CCCCC2)CC1. The summed E-state index contributed by atoms with van der Waals surface area (Å²) in [4.78, 5) is 43.1. The molecule has 0 spiro atoms. The van der Waals surface area contributed by atoms with Crippen LogP contribution in [-0.2, 0) is 16.1 Å². The molecule has 0 saturated carbocycles. The van der Waals surface area contributed by atoms with Crippen LogP contribution in [0.15, 0.2) is 24.3 Å². The summed E-state index contributed by atoms with van der Waals surface area (Å²) >= 11 is 0. The molecule has 0 unspecified atom stereocenters. The number of ether oxygens (including phenoxy) is 1. The van der Waals surface area contributed by atoms with Crippen molar-refractivity contribution in [2.75, 3.05) is 64.3 Å². The Bertz CT molecular complexity index is 920. The number of rotatable bonds is 4. The second-order valence-electron chi connectivity index (χ2n) is 9.84. The van der Waals surface area contributed by atoms with Crippen LogP contribution in [-0.4, -0.2) is 108 Å². The first kappa shape index (κ1) is 23.9. The molecule has 10 heteroatoms. The van der Waals surface area contributed by atoms with Gasteiger partial charge in [-0.2, -0.15) is 0 Å². The highest BCUT2D eigenvalue weighted by atomic mass is 16.6. The molecule has 0 aliphatic carbocycles. The first-order valence-electron chi connectivity index (χ1n) is 12.9. The van der Waals surface area contributed by atoms with Crippen LogP contribution in [0.1, 0.15) is 37.7 Å². The zero-order valence-electron chi connectivity index (χ0n) is 20.4. The molecule has 4 aliphatic heterocycles. The van der Waals surface area contributed by atoms with Gasteiger partial charge in [0.05, 0.1) is 0 Å². The molecule has 5 rings (SSSR count). The van der Waals surface area contributed by atoms with E-state index in [2.05, 4.69) is 15.3 Å². The van der Waals surface area contributed by atoms with Gasteiger partial charge in [0.15, 0.2) is 6.61 Å². The normalized spacial score (nSPS) is 22.5. The maximum absolute atomic E-state index is 12.6. The topological polar surface area (TPSA) is 88.7 Å². The number of anilines is 1. The molecule has 3 fully saturated rings. The van der Waals surface area contributed by atoms with Gasteiger partial charge in [0.2, 0.25) is 0 Å². The number of carbonyl (C=O) groups excluding carboxylic acids is 3. The number of carbonyl (C=O) groups is 3. The van der Waals surface area contributed by atoms with Crippen LogP contribution in [0, 0.1) is 0 Å². The lowest BCUT2D eigenvalue weighted by molar-refractivity contribution is -0.140. The molecule has 1 N–H and O–H groups in total. The number of fused-ring (bicyclic) bond motifs is 1. The third-order valence-corrected chi connectivity index (χ3v) is 7.68. The lowest BCUT2D eigenvalue weighted by Gasteiger charge is -2.42. The predicted molar refractivity (Wildman–Crippen MR) is 131 cm³/mol. The molecule has 0 aromatic heterocycles. The molecule has 4 heterocycles. The van der Waals surface area contributed by atoms with E-state index < -0.39 is 6.09 Å². The van der Waals surface area contributed by atoms with Crippen LogP contribution < -0.4 is 5.32 Å². The maximum Gasteiger partial charge on any atom is 0.410 e. The Morgan fingerprint density at radius 2 is 1.54 bits per heavy atom. The Morgan fingerprint density at radius 3 is 2.29 bits per heavy atom. The number of hydrogen-bond acceptors (Lipinski definition) is 6. The quantitative estimate of drug-likeness (QED) is 0.705. The minimum Gasteiger partial charge on any atom is -0.439 e. The van der Waals surface area contributed by atoms with Gasteiger partial charge in [-0.15, -0.1) is 0 Å². The molecule has 0 radical (unpaired) electrons. The molecule has 0 atom stereocenters. The van der Waals surface area contributed by atoms with Crippen molar-refractivity contribution >= 4 is 23.7 Å². The molecule has 0 bridgehead atoms. The van der Waals surface area contributed by atoms with Crippen molar-refractivity contribution in [3.8, 4) is 0 Å². The molecule has 4 aliphatic rings. The van der Waals surface area contributed by atoms with Gasteiger partial charge in [-0.1, -0.05) is 24.6 Å². The van der Waals surface area contributed by atoms with Crippen molar-refractivity contribution < 1.29 is 19.1 Å². The third kappa shape index (κ3) is 5.54. The number of amides is 4. The van der Waals surface area contributed by atoms with E-state index in [1.807, 2.05) is 29.2 Å². The minimum absolute atomic E-state index is 0.0743. The zero-order valence-corrected chi connectivity index (χ0v) is 20.4. The average molecular weight is 485 g/mol. The summed E-state index contributed by atoms with van der Waals surface area (Å²) in [5.41, 5.74) is 1.97. The van der Waals surface area contributed by atoms with Gasteiger partial charge in [-0.25, -0.2) is 19.6 Å². The Balaban J connectivity index is 1.03. The number of benzene rings is 1. The number of hydrogen-bond donors (Lipinski definition) is 1. The van der Waals surface area contributed by atoms with Crippen LogP contribution in [0.25, 0.3) is 0 Å². The van der Waals surface area contributed by atoms with Crippen molar-refractivity contribution in [3.05, 3.63) is 29.8 Å². The van der Waals surface area contributed by atoms with E-state index in [-0.39, 0.29) is 24.6 Å². The number of para-hydroxylation sites is 1. The van der Waals surface area contributed by atoms with E-state index in [0.717, 1.165) is 37.4 Å². The van der Waals surface area contributed by atoms with Gasteiger partial charge in [-0.05, 0) is 37.3 Å². The summed E-state index contributed by atoms with van der Waals surface area (Å²) in [6, 6.07) is 7.82. The van der Waals surface area contributed by atoms with Crippen LogP contribution in [0.2, 0.25) is 0 Å². The first-order valence-corrected chi connectivity index (χ1v) is 12.9. The van der Waals surface area contributed by atoms with Crippen LogP contribution in [0.5, 0.6) is 0 Å². The lowest BCUT2D eigenvalue weighted by atomic mass is 10.0. The molecule has 1 aromatic rings. The standard InChI is InChI=1S/C25H36N6O4/c32-23(27-14-16-30(17-15-27)29-10-4-1-5-11-29)19-35-25(34)28-12-8-21(9-13-28)31-18-20-6-2-3-7-22(20)26-24(31)33/h2-3,6-7,21H,1,4-5,8-19H2,(H,26,33). The van der Waals surface area contributed by atoms with E-state index >= 15 is 0 Å². The van der Waals surface area contributed by atoms with Crippen molar-refractivity contribution in [3.63, 3.8) is 0 Å².